The van der Waals surface area contributed by atoms with E-state index in [-0.39, 0.29) is 0 Å². The highest BCUT2D eigenvalue weighted by Crippen LogP contribution is 2.09. The van der Waals surface area contributed by atoms with Crippen LogP contribution in [0.2, 0.25) is 0 Å². The lowest BCUT2D eigenvalue weighted by Crippen LogP contribution is -2.18. The van der Waals surface area contributed by atoms with Crippen LogP contribution in [0.1, 0.15) is 12.1 Å². The van der Waals surface area contributed by atoms with E-state index >= 15 is 0 Å². The maximum atomic E-state index is 5.37. The quantitative estimate of drug-likeness (QED) is 0.644. The monoisotopic (exact) mass is 167 g/mol. The Bertz CT molecular complexity index is 253. The standard InChI is InChI=1S/C8H13N3O/c1-10-8(3-4-9-10)7-11-5-2-6-12-11/h3-4H,2,5-7H2,1H3. The first-order valence-electron chi connectivity index (χ1n) is 4.21. The molecule has 4 nitrogen and oxygen atoms in total. The van der Waals surface area contributed by atoms with Gasteiger partial charge in [-0.15, -0.1) is 0 Å². The fraction of sp³-hybridized carbons (Fsp3) is 0.625. The van der Waals surface area contributed by atoms with Crippen molar-refractivity contribution in [3.8, 4) is 0 Å². The van der Waals surface area contributed by atoms with E-state index in [1.165, 1.54) is 5.69 Å². The highest BCUT2D eigenvalue weighted by Gasteiger charge is 2.13. The Morgan fingerprint density at radius 2 is 2.58 bits per heavy atom. The van der Waals surface area contributed by atoms with E-state index in [0.717, 1.165) is 26.1 Å². The van der Waals surface area contributed by atoms with Gasteiger partial charge in [-0.2, -0.15) is 10.2 Å². The summed E-state index contributed by atoms with van der Waals surface area (Å²) in [5, 5.41) is 6.08. The Morgan fingerprint density at radius 3 is 3.17 bits per heavy atom. The molecule has 2 rings (SSSR count). The van der Waals surface area contributed by atoms with Crippen LogP contribution in [-0.4, -0.2) is 28.0 Å². The lowest BCUT2D eigenvalue weighted by Gasteiger charge is -2.12. The Morgan fingerprint density at radius 1 is 1.67 bits per heavy atom. The molecule has 0 aromatic carbocycles. The van der Waals surface area contributed by atoms with Crippen molar-refractivity contribution in [1.82, 2.24) is 14.8 Å². The third-order valence-electron chi connectivity index (χ3n) is 2.09. The fourth-order valence-corrected chi connectivity index (χ4v) is 1.36. The predicted octanol–water partition coefficient (Wildman–Crippen LogP) is 0.557. The zero-order chi connectivity index (χ0) is 8.39. The summed E-state index contributed by atoms with van der Waals surface area (Å²) >= 11 is 0. The molecule has 1 aromatic heterocycles. The second kappa shape index (κ2) is 3.25. The molecule has 1 saturated heterocycles. The van der Waals surface area contributed by atoms with E-state index in [1.807, 2.05) is 29.1 Å². The van der Waals surface area contributed by atoms with Crippen molar-refractivity contribution in [2.24, 2.45) is 7.05 Å². The van der Waals surface area contributed by atoms with Gasteiger partial charge in [0.15, 0.2) is 0 Å². The second-order valence-electron chi connectivity index (χ2n) is 3.00. The molecule has 0 aliphatic carbocycles. The first-order chi connectivity index (χ1) is 5.86. The highest BCUT2D eigenvalue weighted by atomic mass is 16.7. The molecule has 4 heteroatoms. The van der Waals surface area contributed by atoms with Crippen LogP contribution in [0.5, 0.6) is 0 Å². The maximum absolute atomic E-state index is 5.37. The summed E-state index contributed by atoms with van der Waals surface area (Å²) in [6, 6.07) is 2.02. The molecule has 2 heterocycles. The summed E-state index contributed by atoms with van der Waals surface area (Å²) in [4.78, 5) is 5.37. The number of aromatic nitrogens is 2. The Kier molecular flexibility index (Phi) is 2.10. The van der Waals surface area contributed by atoms with E-state index < -0.39 is 0 Å². The molecule has 0 radical (unpaired) electrons. The van der Waals surface area contributed by atoms with Crippen LogP contribution < -0.4 is 0 Å². The average molecular weight is 167 g/mol. The normalized spacial score (nSPS) is 18.8. The van der Waals surface area contributed by atoms with Crippen LogP contribution in [0.4, 0.5) is 0 Å². The summed E-state index contributed by atoms with van der Waals surface area (Å²) in [5.74, 6) is 0. The zero-order valence-corrected chi connectivity index (χ0v) is 7.23. The summed E-state index contributed by atoms with van der Waals surface area (Å²) in [6.07, 6.45) is 2.95. The first-order valence-corrected chi connectivity index (χ1v) is 4.21. The minimum Gasteiger partial charge on any atom is -0.299 e. The molecule has 12 heavy (non-hydrogen) atoms. The van der Waals surface area contributed by atoms with Gasteiger partial charge in [-0.3, -0.25) is 9.52 Å². The Labute approximate surface area is 71.7 Å². The molecule has 0 bridgehead atoms. The van der Waals surface area contributed by atoms with Crippen molar-refractivity contribution < 1.29 is 4.84 Å². The fourth-order valence-electron chi connectivity index (χ4n) is 1.36. The number of aryl methyl sites for hydroxylation is 1. The van der Waals surface area contributed by atoms with Crippen LogP contribution in [-0.2, 0) is 18.4 Å². The van der Waals surface area contributed by atoms with Gasteiger partial charge >= 0.3 is 0 Å². The third kappa shape index (κ3) is 1.49. The molecule has 1 aromatic rings. The van der Waals surface area contributed by atoms with Crippen molar-refractivity contribution >= 4 is 0 Å². The van der Waals surface area contributed by atoms with Crippen LogP contribution in [0.25, 0.3) is 0 Å². The largest absolute Gasteiger partial charge is 0.299 e. The second-order valence-corrected chi connectivity index (χ2v) is 3.00. The minimum absolute atomic E-state index is 0.844. The van der Waals surface area contributed by atoms with Crippen molar-refractivity contribution in [3.05, 3.63) is 18.0 Å². The van der Waals surface area contributed by atoms with Crippen LogP contribution >= 0.6 is 0 Å². The number of hydrogen-bond donors (Lipinski definition) is 0. The molecule has 0 N–H and O–H groups in total. The molecule has 1 fully saturated rings. The summed E-state index contributed by atoms with van der Waals surface area (Å²) in [5.41, 5.74) is 1.19. The molecule has 0 amide bonds. The third-order valence-corrected chi connectivity index (χ3v) is 2.09. The highest BCUT2D eigenvalue weighted by molar-refractivity contribution is 4.99. The molecule has 0 unspecified atom stereocenters. The Balaban J connectivity index is 1.98. The smallest absolute Gasteiger partial charge is 0.0698 e. The van der Waals surface area contributed by atoms with E-state index in [4.69, 9.17) is 4.84 Å². The van der Waals surface area contributed by atoms with Crippen LogP contribution in [0.15, 0.2) is 12.3 Å². The van der Waals surface area contributed by atoms with Gasteiger partial charge in [0.1, 0.15) is 0 Å². The maximum Gasteiger partial charge on any atom is 0.0698 e. The molecule has 1 aliphatic heterocycles. The Hall–Kier alpha value is -0.870. The van der Waals surface area contributed by atoms with Crippen molar-refractivity contribution in [2.45, 2.75) is 13.0 Å². The summed E-state index contributed by atoms with van der Waals surface area (Å²) in [7, 11) is 1.95. The van der Waals surface area contributed by atoms with Gasteiger partial charge in [-0.1, -0.05) is 0 Å². The molecule has 0 atom stereocenters. The number of nitrogens with zero attached hydrogens (tertiary/aromatic N) is 3. The van der Waals surface area contributed by atoms with E-state index in [2.05, 4.69) is 5.10 Å². The minimum atomic E-state index is 0.844. The van der Waals surface area contributed by atoms with Crippen molar-refractivity contribution in [1.29, 1.82) is 0 Å². The molecular weight excluding hydrogens is 154 g/mol. The van der Waals surface area contributed by atoms with Gasteiger partial charge in [-0.05, 0) is 12.5 Å². The average Bonchev–Trinajstić information content (AvgIpc) is 2.65. The van der Waals surface area contributed by atoms with Gasteiger partial charge in [-0.25, -0.2) is 0 Å². The lowest BCUT2D eigenvalue weighted by molar-refractivity contribution is -0.118. The lowest BCUT2D eigenvalue weighted by atomic mass is 10.4. The van der Waals surface area contributed by atoms with Crippen LogP contribution in [0, 0.1) is 0 Å². The molecule has 66 valence electrons. The van der Waals surface area contributed by atoms with Gasteiger partial charge in [0, 0.05) is 19.8 Å². The summed E-state index contributed by atoms with van der Waals surface area (Å²) < 4.78 is 1.88. The number of hydrogen-bond acceptors (Lipinski definition) is 3. The predicted molar refractivity (Wildman–Crippen MR) is 44.2 cm³/mol. The van der Waals surface area contributed by atoms with Crippen LogP contribution in [0.3, 0.4) is 0 Å². The van der Waals surface area contributed by atoms with E-state index in [1.54, 1.807) is 0 Å². The molecule has 0 saturated carbocycles. The van der Waals surface area contributed by atoms with E-state index in [0.29, 0.717) is 0 Å². The molecular formula is C8H13N3O. The zero-order valence-electron chi connectivity index (χ0n) is 7.23. The van der Waals surface area contributed by atoms with Gasteiger partial charge < -0.3 is 0 Å². The number of hydroxylamine groups is 2. The van der Waals surface area contributed by atoms with Gasteiger partial charge in [0.05, 0.1) is 18.8 Å². The molecule has 1 aliphatic rings. The number of rotatable bonds is 2. The van der Waals surface area contributed by atoms with E-state index in [9.17, 15) is 0 Å². The molecule has 0 spiro atoms. The first kappa shape index (κ1) is 7.76. The van der Waals surface area contributed by atoms with Gasteiger partial charge in [0.2, 0.25) is 0 Å². The summed E-state index contributed by atoms with van der Waals surface area (Å²) in [6.45, 7) is 2.74. The SMILES string of the molecule is Cn1nccc1CN1CCCO1. The van der Waals surface area contributed by atoms with Gasteiger partial charge in [0.25, 0.3) is 0 Å². The van der Waals surface area contributed by atoms with Crippen molar-refractivity contribution in [3.63, 3.8) is 0 Å². The van der Waals surface area contributed by atoms with Crippen molar-refractivity contribution in [2.75, 3.05) is 13.2 Å². The topological polar surface area (TPSA) is 30.3 Å².